The van der Waals surface area contributed by atoms with Crippen LogP contribution in [-0.2, 0) is 11.3 Å². The Kier molecular flexibility index (Phi) is 7.16. The number of fused-ring (bicyclic) bond motifs is 1. The van der Waals surface area contributed by atoms with Crippen molar-refractivity contribution in [3.8, 4) is 22.3 Å². The zero-order chi connectivity index (χ0) is 29.6. The molecule has 0 spiro atoms. The van der Waals surface area contributed by atoms with Gasteiger partial charge in [-0.1, -0.05) is 48.0 Å². The third-order valence-corrected chi connectivity index (χ3v) is 8.23. The minimum Gasteiger partial charge on any atom is -0.293 e. The monoisotopic (exact) mass is 586 g/mol. The molecule has 3 aromatic carbocycles. The molecule has 1 amide bonds. The first-order valence-corrected chi connectivity index (χ1v) is 13.9. The molecule has 2 aromatic heterocycles. The molecule has 10 heteroatoms. The summed E-state index contributed by atoms with van der Waals surface area (Å²) in [5, 5.41) is 5.43. The SMILES string of the molecule is CC(=O)c1nn(CC(=O)[N+]2(c3cccc(-c4ccccc4Cl)c3F)CC[C@@H](F)C2)c2ccc(-c3cnc(C)nc3)cc12. The van der Waals surface area contributed by atoms with E-state index in [1.54, 1.807) is 61.8 Å². The number of quaternary nitrogens is 1. The van der Waals surface area contributed by atoms with Crippen molar-refractivity contribution in [2.24, 2.45) is 0 Å². The second-order valence-corrected chi connectivity index (χ2v) is 11.0. The van der Waals surface area contributed by atoms with Gasteiger partial charge >= 0.3 is 5.91 Å². The molecule has 42 heavy (non-hydrogen) atoms. The molecular weight excluding hydrogens is 560 g/mol. The Labute approximate surface area is 246 Å². The number of carbonyl (C=O) groups excluding carboxylic acids is 2. The van der Waals surface area contributed by atoms with Crippen molar-refractivity contribution in [1.29, 1.82) is 0 Å². The third-order valence-electron chi connectivity index (χ3n) is 7.90. The highest BCUT2D eigenvalue weighted by molar-refractivity contribution is 6.33. The van der Waals surface area contributed by atoms with Crippen molar-refractivity contribution in [3.05, 3.63) is 95.4 Å². The Morgan fingerprint density at radius 3 is 2.45 bits per heavy atom. The van der Waals surface area contributed by atoms with Gasteiger partial charge in [-0.05, 0) is 30.7 Å². The van der Waals surface area contributed by atoms with Crippen molar-refractivity contribution in [2.75, 3.05) is 13.1 Å². The highest BCUT2D eigenvalue weighted by Gasteiger charge is 2.49. The molecule has 1 saturated heterocycles. The van der Waals surface area contributed by atoms with E-state index in [0.717, 1.165) is 11.1 Å². The molecule has 1 unspecified atom stereocenters. The lowest BCUT2D eigenvalue weighted by Crippen LogP contribution is -2.54. The summed E-state index contributed by atoms with van der Waals surface area (Å²) < 4.78 is 32.0. The molecule has 5 aromatic rings. The number of hydrogen-bond donors (Lipinski definition) is 0. The fourth-order valence-electron chi connectivity index (χ4n) is 5.74. The lowest BCUT2D eigenvalue weighted by molar-refractivity contribution is -0.130. The molecule has 0 N–H and O–H groups in total. The van der Waals surface area contributed by atoms with Gasteiger partial charge in [0.25, 0.3) is 0 Å². The number of aromatic nitrogens is 4. The number of aryl methyl sites for hydroxylation is 1. The van der Waals surface area contributed by atoms with Crippen LogP contribution in [0.4, 0.5) is 14.5 Å². The number of carbonyl (C=O) groups is 2. The molecule has 212 valence electrons. The zero-order valence-electron chi connectivity index (χ0n) is 23.0. The van der Waals surface area contributed by atoms with Gasteiger partial charge < -0.3 is 0 Å². The van der Waals surface area contributed by atoms with Gasteiger partial charge in [-0.15, -0.1) is 0 Å². The smallest absolute Gasteiger partial charge is 0.293 e. The van der Waals surface area contributed by atoms with Crippen LogP contribution in [0.3, 0.4) is 0 Å². The normalized spacial score (nSPS) is 18.5. The van der Waals surface area contributed by atoms with Crippen LogP contribution in [0.5, 0.6) is 0 Å². The summed E-state index contributed by atoms with van der Waals surface area (Å²) >= 11 is 6.37. The number of halogens is 3. The number of ketones is 1. The number of rotatable bonds is 6. The summed E-state index contributed by atoms with van der Waals surface area (Å²) in [6.07, 6.45) is 2.23. The molecule has 0 saturated carbocycles. The van der Waals surface area contributed by atoms with Gasteiger partial charge in [0.15, 0.2) is 30.0 Å². The fourth-order valence-corrected chi connectivity index (χ4v) is 5.98. The average Bonchev–Trinajstić information content (AvgIpc) is 3.55. The van der Waals surface area contributed by atoms with E-state index in [1.807, 2.05) is 12.1 Å². The average molecular weight is 587 g/mol. The first-order valence-electron chi connectivity index (χ1n) is 13.6. The summed E-state index contributed by atoms with van der Waals surface area (Å²) in [5.41, 5.74) is 3.13. The number of hydrogen-bond acceptors (Lipinski definition) is 5. The van der Waals surface area contributed by atoms with Crippen LogP contribution in [-0.4, -0.2) is 50.7 Å². The van der Waals surface area contributed by atoms with Gasteiger partial charge in [0.05, 0.1) is 12.1 Å². The lowest BCUT2D eigenvalue weighted by atomic mass is 10.0. The Morgan fingerprint density at radius 2 is 1.76 bits per heavy atom. The standard InChI is InChI=1S/C32H27ClF2N5O2/c1-19(41)32-26-14-21(22-15-36-20(2)37-16-22)10-11-28(26)39(38-32)17-30(42)40(13-12-23(34)18-40)29-9-5-7-25(31(29)35)24-6-3-4-8-27(24)33/h3-11,14-16,23H,12-13,17-18H2,1-2H3/q+1/t23-,40?/m1/s1. The lowest BCUT2D eigenvalue weighted by Gasteiger charge is -2.31. The van der Waals surface area contributed by atoms with Crippen LogP contribution in [0.1, 0.15) is 29.7 Å². The minimum atomic E-state index is -1.28. The van der Waals surface area contributed by atoms with Crippen LogP contribution >= 0.6 is 11.6 Å². The van der Waals surface area contributed by atoms with Gasteiger partial charge in [0, 0.05) is 58.9 Å². The van der Waals surface area contributed by atoms with Crippen LogP contribution in [0.25, 0.3) is 33.2 Å². The third kappa shape index (κ3) is 4.78. The molecule has 1 fully saturated rings. The highest BCUT2D eigenvalue weighted by Crippen LogP contribution is 2.39. The molecule has 0 radical (unpaired) electrons. The van der Waals surface area contributed by atoms with Crippen molar-refractivity contribution in [1.82, 2.24) is 24.2 Å². The van der Waals surface area contributed by atoms with Crippen molar-refractivity contribution < 1.29 is 18.4 Å². The van der Waals surface area contributed by atoms with Gasteiger partial charge in [-0.3, -0.25) is 9.48 Å². The van der Waals surface area contributed by atoms with Crippen molar-refractivity contribution >= 4 is 39.9 Å². The van der Waals surface area contributed by atoms with E-state index in [2.05, 4.69) is 15.1 Å². The second kappa shape index (κ2) is 10.8. The van der Waals surface area contributed by atoms with E-state index in [9.17, 15) is 14.0 Å². The second-order valence-electron chi connectivity index (χ2n) is 10.6. The Hall–Kier alpha value is -4.34. The highest BCUT2D eigenvalue weighted by atomic mass is 35.5. The quantitative estimate of drug-likeness (QED) is 0.163. The Bertz CT molecular complexity index is 1860. The summed E-state index contributed by atoms with van der Waals surface area (Å²) in [5.74, 6) is -0.677. The molecule has 2 atom stereocenters. The van der Waals surface area contributed by atoms with Crippen LogP contribution in [0.15, 0.2) is 73.1 Å². The predicted molar refractivity (Wildman–Crippen MR) is 158 cm³/mol. The summed E-state index contributed by atoms with van der Waals surface area (Å²) in [4.78, 5) is 35.2. The van der Waals surface area contributed by atoms with Crippen LogP contribution < -0.4 is 4.48 Å². The van der Waals surface area contributed by atoms with E-state index in [-0.39, 0.29) is 48.8 Å². The minimum absolute atomic E-state index is 0.0856. The van der Waals surface area contributed by atoms with Gasteiger partial charge in [-0.25, -0.2) is 23.6 Å². The molecular formula is C32H27ClF2N5O2+. The number of alkyl halides is 1. The number of benzene rings is 3. The number of amides is 1. The van der Waals surface area contributed by atoms with E-state index in [1.165, 1.54) is 17.7 Å². The Balaban J connectivity index is 1.42. The molecule has 0 aliphatic carbocycles. The van der Waals surface area contributed by atoms with Gasteiger partial charge in [0.1, 0.15) is 18.1 Å². The van der Waals surface area contributed by atoms with Crippen LogP contribution in [0.2, 0.25) is 5.02 Å². The molecule has 1 aliphatic rings. The summed E-state index contributed by atoms with van der Waals surface area (Å²) in [7, 11) is 0. The first kappa shape index (κ1) is 27.8. The zero-order valence-corrected chi connectivity index (χ0v) is 23.8. The summed E-state index contributed by atoms with van der Waals surface area (Å²) in [6.45, 7) is 2.82. The van der Waals surface area contributed by atoms with Gasteiger partial charge in [0.2, 0.25) is 0 Å². The maximum atomic E-state index is 16.2. The van der Waals surface area contributed by atoms with E-state index in [0.29, 0.717) is 27.3 Å². The molecule has 1 aliphatic heterocycles. The van der Waals surface area contributed by atoms with Crippen molar-refractivity contribution in [3.63, 3.8) is 0 Å². The number of nitrogens with zero attached hydrogens (tertiary/aromatic N) is 5. The first-order chi connectivity index (χ1) is 20.2. The molecule has 7 nitrogen and oxygen atoms in total. The molecule has 3 heterocycles. The number of Topliss-reactive ketones (excluding diaryl/α,β-unsaturated/α-hetero) is 1. The van der Waals surface area contributed by atoms with Gasteiger partial charge in [-0.2, -0.15) is 9.49 Å². The van der Waals surface area contributed by atoms with E-state index in [4.69, 9.17) is 11.6 Å². The van der Waals surface area contributed by atoms with E-state index < -0.39 is 22.4 Å². The maximum Gasteiger partial charge on any atom is 0.340 e. The van der Waals surface area contributed by atoms with Crippen LogP contribution in [0, 0.1) is 12.7 Å². The molecule has 6 rings (SSSR count). The molecule has 0 bridgehead atoms. The topological polar surface area (TPSA) is 77.7 Å². The summed E-state index contributed by atoms with van der Waals surface area (Å²) in [6, 6.07) is 17.1. The van der Waals surface area contributed by atoms with E-state index >= 15 is 4.39 Å². The number of likely N-dealkylation sites (tertiary alicyclic amines) is 1. The largest absolute Gasteiger partial charge is 0.340 e. The fraction of sp³-hybridized carbons (Fsp3) is 0.219. The predicted octanol–water partition coefficient (Wildman–Crippen LogP) is 6.74. The maximum absolute atomic E-state index is 16.2. The Morgan fingerprint density at radius 1 is 1.02 bits per heavy atom. The van der Waals surface area contributed by atoms with Crippen molar-refractivity contribution in [2.45, 2.75) is 33.0 Å².